The van der Waals surface area contributed by atoms with E-state index in [9.17, 15) is 0 Å². The van der Waals surface area contributed by atoms with Crippen molar-refractivity contribution in [2.24, 2.45) is 0 Å². The van der Waals surface area contributed by atoms with Crippen LogP contribution < -0.4 is 5.32 Å². The fourth-order valence-electron chi connectivity index (χ4n) is 1.37. The van der Waals surface area contributed by atoms with E-state index in [1.807, 2.05) is 0 Å². The molecule has 5 heteroatoms. The summed E-state index contributed by atoms with van der Waals surface area (Å²) in [5.41, 5.74) is 0. The summed E-state index contributed by atoms with van der Waals surface area (Å²) in [6.07, 6.45) is 0.107. The van der Waals surface area contributed by atoms with Gasteiger partial charge in [0.1, 0.15) is 0 Å². The molecule has 0 saturated carbocycles. The molecule has 0 fully saturated rings. The Morgan fingerprint density at radius 1 is 1.44 bits per heavy atom. The standard InChI is InChI=1S/C11H18BrNO2S/c1-8(10-4-5-11(12)16-10)13-6-9(15-3)7-14-2/h4-5,8-9,13H,6-7H2,1-3H3. The van der Waals surface area contributed by atoms with Crippen LogP contribution in [0.5, 0.6) is 0 Å². The summed E-state index contributed by atoms with van der Waals surface area (Å²) in [4.78, 5) is 1.32. The van der Waals surface area contributed by atoms with E-state index in [1.165, 1.54) is 4.88 Å². The van der Waals surface area contributed by atoms with E-state index in [0.29, 0.717) is 12.6 Å². The van der Waals surface area contributed by atoms with Crippen molar-refractivity contribution < 1.29 is 9.47 Å². The maximum absolute atomic E-state index is 5.29. The molecule has 0 amide bonds. The number of methoxy groups -OCH3 is 2. The first-order valence-corrected chi connectivity index (χ1v) is 6.78. The lowest BCUT2D eigenvalue weighted by molar-refractivity contribution is 0.0277. The van der Waals surface area contributed by atoms with Crippen LogP contribution in [0.4, 0.5) is 0 Å². The Bertz CT molecular complexity index is 306. The van der Waals surface area contributed by atoms with Gasteiger partial charge in [-0.15, -0.1) is 11.3 Å². The molecule has 1 rings (SSSR count). The minimum atomic E-state index is 0.107. The van der Waals surface area contributed by atoms with Crippen molar-refractivity contribution in [2.45, 2.75) is 19.1 Å². The maximum atomic E-state index is 5.29. The highest BCUT2D eigenvalue weighted by Crippen LogP contribution is 2.26. The van der Waals surface area contributed by atoms with Crippen LogP contribution in [0.15, 0.2) is 15.9 Å². The van der Waals surface area contributed by atoms with Crippen LogP contribution in [0, 0.1) is 0 Å². The van der Waals surface area contributed by atoms with Crippen molar-refractivity contribution in [1.82, 2.24) is 5.32 Å². The third kappa shape index (κ3) is 4.51. The maximum Gasteiger partial charge on any atom is 0.0928 e. The first kappa shape index (κ1) is 14.1. The van der Waals surface area contributed by atoms with Crippen molar-refractivity contribution in [3.8, 4) is 0 Å². The molecule has 0 spiro atoms. The van der Waals surface area contributed by atoms with Gasteiger partial charge in [0.05, 0.1) is 16.5 Å². The second kappa shape index (κ2) is 7.40. The number of hydrogen-bond acceptors (Lipinski definition) is 4. The van der Waals surface area contributed by atoms with E-state index in [0.717, 1.165) is 10.3 Å². The van der Waals surface area contributed by atoms with Crippen LogP contribution in [-0.4, -0.2) is 33.5 Å². The van der Waals surface area contributed by atoms with Crippen molar-refractivity contribution in [1.29, 1.82) is 0 Å². The lowest BCUT2D eigenvalue weighted by Crippen LogP contribution is -2.33. The summed E-state index contributed by atoms with van der Waals surface area (Å²) in [5, 5.41) is 3.43. The van der Waals surface area contributed by atoms with Crippen LogP contribution in [0.2, 0.25) is 0 Å². The molecule has 0 aliphatic heterocycles. The van der Waals surface area contributed by atoms with E-state index < -0.39 is 0 Å². The van der Waals surface area contributed by atoms with Gasteiger partial charge in [0, 0.05) is 31.7 Å². The normalized spacial score (nSPS) is 15.0. The first-order chi connectivity index (χ1) is 7.67. The molecule has 1 aromatic rings. The van der Waals surface area contributed by atoms with Crippen LogP contribution in [0.3, 0.4) is 0 Å². The Morgan fingerprint density at radius 3 is 2.69 bits per heavy atom. The predicted octanol–water partition coefficient (Wildman–Crippen LogP) is 2.82. The highest BCUT2D eigenvalue weighted by molar-refractivity contribution is 9.11. The average Bonchev–Trinajstić information content (AvgIpc) is 2.70. The summed E-state index contributed by atoms with van der Waals surface area (Å²) in [6, 6.07) is 4.54. The minimum absolute atomic E-state index is 0.107. The van der Waals surface area contributed by atoms with Crippen molar-refractivity contribution in [3.63, 3.8) is 0 Å². The van der Waals surface area contributed by atoms with Gasteiger partial charge >= 0.3 is 0 Å². The van der Waals surface area contributed by atoms with Gasteiger partial charge in [0.15, 0.2) is 0 Å². The van der Waals surface area contributed by atoms with Gasteiger partial charge < -0.3 is 14.8 Å². The monoisotopic (exact) mass is 307 g/mol. The zero-order valence-electron chi connectivity index (χ0n) is 9.83. The number of thiophene rings is 1. The topological polar surface area (TPSA) is 30.5 Å². The molecule has 2 unspecified atom stereocenters. The molecule has 3 nitrogen and oxygen atoms in total. The molecule has 1 N–H and O–H groups in total. The molecule has 0 bridgehead atoms. The van der Waals surface area contributed by atoms with Gasteiger partial charge in [-0.05, 0) is 35.0 Å². The minimum Gasteiger partial charge on any atom is -0.382 e. The molecule has 0 radical (unpaired) electrons. The molecule has 0 aromatic carbocycles. The van der Waals surface area contributed by atoms with Crippen LogP contribution >= 0.6 is 27.3 Å². The number of ether oxygens (including phenoxy) is 2. The second-order valence-electron chi connectivity index (χ2n) is 3.58. The molecule has 0 saturated heterocycles. The quantitative estimate of drug-likeness (QED) is 0.840. The number of hydrogen-bond donors (Lipinski definition) is 1. The average molecular weight is 308 g/mol. The molecule has 0 aliphatic rings. The Kier molecular flexibility index (Phi) is 6.53. The van der Waals surface area contributed by atoms with E-state index in [2.05, 4.69) is 40.3 Å². The predicted molar refractivity (Wildman–Crippen MR) is 71.1 cm³/mol. The van der Waals surface area contributed by atoms with Crippen LogP contribution in [-0.2, 0) is 9.47 Å². The molecule has 1 aromatic heterocycles. The SMILES string of the molecule is COCC(CNC(C)c1ccc(Br)s1)OC. The van der Waals surface area contributed by atoms with Crippen molar-refractivity contribution in [2.75, 3.05) is 27.4 Å². The fraction of sp³-hybridized carbons (Fsp3) is 0.636. The fourth-order valence-corrected chi connectivity index (χ4v) is 2.82. The Labute approximate surface area is 109 Å². The lowest BCUT2D eigenvalue weighted by Gasteiger charge is -2.18. The molecular formula is C11H18BrNO2S. The zero-order valence-corrected chi connectivity index (χ0v) is 12.2. The van der Waals surface area contributed by atoms with Crippen LogP contribution in [0.25, 0.3) is 0 Å². The molecule has 2 atom stereocenters. The zero-order chi connectivity index (χ0) is 12.0. The number of rotatable bonds is 7. The van der Waals surface area contributed by atoms with Gasteiger partial charge in [0.2, 0.25) is 0 Å². The second-order valence-corrected chi connectivity index (χ2v) is 6.08. The third-order valence-corrected chi connectivity index (χ3v) is 4.16. The van der Waals surface area contributed by atoms with Crippen molar-refractivity contribution >= 4 is 27.3 Å². The summed E-state index contributed by atoms with van der Waals surface area (Å²) in [6.45, 7) is 3.56. The largest absolute Gasteiger partial charge is 0.382 e. The van der Waals surface area contributed by atoms with Gasteiger partial charge in [-0.25, -0.2) is 0 Å². The summed E-state index contributed by atoms with van der Waals surface area (Å²) < 4.78 is 11.5. The Morgan fingerprint density at radius 2 is 2.19 bits per heavy atom. The number of nitrogens with one attached hydrogen (secondary N) is 1. The van der Waals surface area contributed by atoms with Crippen molar-refractivity contribution in [3.05, 3.63) is 20.8 Å². The molecular weight excluding hydrogens is 290 g/mol. The first-order valence-electron chi connectivity index (χ1n) is 5.17. The number of halogens is 1. The third-order valence-electron chi connectivity index (χ3n) is 2.36. The summed E-state index contributed by atoms with van der Waals surface area (Å²) in [5.74, 6) is 0. The summed E-state index contributed by atoms with van der Waals surface area (Å²) in [7, 11) is 3.39. The highest BCUT2D eigenvalue weighted by Gasteiger charge is 2.11. The molecule has 1 heterocycles. The lowest BCUT2D eigenvalue weighted by atomic mass is 10.2. The highest BCUT2D eigenvalue weighted by atomic mass is 79.9. The van der Waals surface area contributed by atoms with E-state index in [-0.39, 0.29) is 6.10 Å². The van der Waals surface area contributed by atoms with Gasteiger partial charge in [-0.2, -0.15) is 0 Å². The van der Waals surface area contributed by atoms with E-state index in [4.69, 9.17) is 9.47 Å². The van der Waals surface area contributed by atoms with E-state index >= 15 is 0 Å². The molecule has 16 heavy (non-hydrogen) atoms. The summed E-state index contributed by atoms with van der Waals surface area (Å²) >= 11 is 5.22. The van der Waals surface area contributed by atoms with Gasteiger partial charge in [-0.1, -0.05) is 0 Å². The molecule has 0 aliphatic carbocycles. The smallest absolute Gasteiger partial charge is 0.0928 e. The van der Waals surface area contributed by atoms with Gasteiger partial charge in [-0.3, -0.25) is 0 Å². The molecule has 92 valence electrons. The Hall–Kier alpha value is 0.0600. The van der Waals surface area contributed by atoms with Gasteiger partial charge in [0.25, 0.3) is 0 Å². The Balaban J connectivity index is 2.36. The van der Waals surface area contributed by atoms with Crippen LogP contribution in [0.1, 0.15) is 17.8 Å². The van der Waals surface area contributed by atoms with E-state index in [1.54, 1.807) is 25.6 Å².